The molecular weight excluding hydrogens is 368 g/mol. The van der Waals surface area contributed by atoms with E-state index in [1.54, 1.807) is 19.4 Å². The van der Waals surface area contributed by atoms with Crippen LogP contribution in [0.5, 0.6) is 5.75 Å². The highest BCUT2D eigenvalue weighted by molar-refractivity contribution is 5.81. The Balaban J connectivity index is 1.39. The molecule has 0 saturated carbocycles. The zero-order valence-corrected chi connectivity index (χ0v) is 16.6. The van der Waals surface area contributed by atoms with Gasteiger partial charge in [0.25, 0.3) is 5.91 Å². The number of benzene rings is 1. The third-order valence-corrected chi connectivity index (χ3v) is 4.90. The lowest BCUT2D eigenvalue weighted by molar-refractivity contribution is -0.138. The summed E-state index contributed by atoms with van der Waals surface area (Å²) in [5, 5.41) is 0. The number of nitrogens with zero attached hydrogens (tertiary/aromatic N) is 6. The molecule has 1 aliphatic heterocycles. The van der Waals surface area contributed by atoms with E-state index in [4.69, 9.17) is 4.74 Å². The molecule has 1 aromatic carbocycles. The van der Waals surface area contributed by atoms with Crippen molar-refractivity contribution in [1.82, 2.24) is 24.4 Å². The molecule has 2 aromatic heterocycles. The van der Waals surface area contributed by atoms with Gasteiger partial charge < -0.3 is 14.5 Å². The lowest BCUT2D eigenvalue weighted by atomic mass is 10.2. The average Bonchev–Trinajstić information content (AvgIpc) is 3.29. The van der Waals surface area contributed by atoms with Gasteiger partial charge in [0.2, 0.25) is 0 Å². The SMILES string of the molecule is Cc1nc(N2CCN(C(=O)C(C)Oc3ccccc3)CC2)cc(-n2ccnc2)n1. The molecule has 1 amide bonds. The molecule has 0 spiro atoms. The first kappa shape index (κ1) is 18.9. The zero-order valence-electron chi connectivity index (χ0n) is 16.6. The van der Waals surface area contributed by atoms with Gasteiger partial charge in [0.05, 0.1) is 0 Å². The fourth-order valence-electron chi connectivity index (χ4n) is 3.39. The number of piperazine rings is 1. The van der Waals surface area contributed by atoms with Crippen LogP contribution in [0.15, 0.2) is 55.1 Å². The molecule has 0 bridgehead atoms. The van der Waals surface area contributed by atoms with Crippen molar-refractivity contribution in [3.63, 3.8) is 0 Å². The molecule has 1 atom stereocenters. The largest absolute Gasteiger partial charge is 0.481 e. The first-order chi connectivity index (χ1) is 14.1. The van der Waals surface area contributed by atoms with Crippen molar-refractivity contribution in [2.75, 3.05) is 31.1 Å². The lowest BCUT2D eigenvalue weighted by Crippen LogP contribution is -2.52. The first-order valence-corrected chi connectivity index (χ1v) is 9.69. The summed E-state index contributed by atoms with van der Waals surface area (Å²) >= 11 is 0. The van der Waals surface area contributed by atoms with Crippen LogP contribution in [-0.2, 0) is 4.79 Å². The Bertz CT molecular complexity index is 953. The standard InChI is InChI=1S/C21H24N6O2/c1-16(29-18-6-4-3-5-7-18)21(28)26-12-10-25(11-13-26)19-14-20(24-17(2)23-19)27-9-8-22-15-27/h3-9,14-16H,10-13H2,1-2H3. The van der Waals surface area contributed by atoms with E-state index in [9.17, 15) is 4.79 Å². The van der Waals surface area contributed by atoms with Crippen molar-refractivity contribution >= 4 is 11.7 Å². The molecule has 150 valence electrons. The van der Waals surface area contributed by atoms with E-state index in [1.165, 1.54) is 0 Å². The maximum atomic E-state index is 12.8. The van der Waals surface area contributed by atoms with Crippen molar-refractivity contribution in [1.29, 1.82) is 0 Å². The number of aromatic nitrogens is 4. The molecule has 1 fully saturated rings. The summed E-state index contributed by atoms with van der Waals surface area (Å²) in [7, 11) is 0. The van der Waals surface area contributed by atoms with Gasteiger partial charge >= 0.3 is 0 Å². The summed E-state index contributed by atoms with van der Waals surface area (Å²) in [5.74, 6) is 3.06. The molecule has 8 heteroatoms. The van der Waals surface area contributed by atoms with E-state index in [-0.39, 0.29) is 5.91 Å². The summed E-state index contributed by atoms with van der Waals surface area (Å²) in [6.07, 6.45) is 4.78. The fourth-order valence-corrected chi connectivity index (χ4v) is 3.39. The molecule has 1 saturated heterocycles. The van der Waals surface area contributed by atoms with Crippen molar-refractivity contribution < 1.29 is 9.53 Å². The van der Waals surface area contributed by atoms with E-state index < -0.39 is 6.10 Å². The average molecular weight is 392 g/mol. The molecule has 3 aromatic rings. The number of imidazole rings is 1. The second kappa shape index (κ2) is 8.30. The lowest BCUT2D eigenvalue weighted by Gasteiger charge is -2.36. The van der Waals surface area contributed by atoms with E-state index in [2.05, 4.69) is 19.9 Å². The van der Waals surface area contributed by atoms with Gasteiger partial charge in [-0.15, -0.1) is 0 Å². The number of aryl methyl sites for hydroxylation is 1. The Kier molecular flexibility index (Phi) is 5.41. The summed E-state index contributed by atoms with van der Waals surface area (Å²) in [6, 6.07) is 11.4. The summed E-state index contributed by atoms with van der Waals surface area (Å²) in [5.41, 5.74) is 0. The monoisotopic (exact) mass is 392 g/mol. The van der Waals surface area contributed by atoms with Crippen LogP contribution >= 0.6 is 0 Å². The van der Waals surface area contributed by atoms with Crippen LogP contribution in [0.1, 0.15) is 12.7 Å². The van der Waals surface area contributed by atoms with Gasteiger partial charge in [-0.3, -0.25) is 9.36 Å². The van der Waals surface area contributed by atoms with Crippen LogP contribution in [0.3, 0.4) is 0 Å². The van der Waals surface area contributed by atoms with Crippen LogP contribution in [0.25, 0.3) is 5.82 Å². The molecule has 1 unspecified atom stereocenters. The van der Waals surface area contributed by atoms with Crippen LogP contribution < -0.4 is 9.64 Å². The maximum absolute atomic E-state index is 12.8. The van der Waals surface area contributed by atoms with Gasteiger partial charge in [-0.25, -0.2) is 15.0 Å². The second-order valence-corrected chi connectivity index (χ2v) is 6.99. The van der Waals surface area contributed by atoms with Crippen LogP contribution in [0, 0.1) is 6.92 Å². The maximum Gasteiger partial charge on any atom is 0.263 e. The molecular formula is C21H24N6O2. The molecule has 29 heavy (non-hydrogen) atoms. The molecule has 3 heterocycles. The van der Waals surface area contributed by atoms with Crippen molar-refractivity contribution in [3.8, 4) is 11.6 Å². The fraction of sp³-hybridized carbons (Fsp3) is 0.333. The highest BCUT2D eigenvalue weighted by Crippen LogP contribution is 2.18. The van der Waals surface area contributed by atoms with Gasteiger partial charge in [-0.2, -0.15) is 0 Å². The van der Waals surface area contributed by atoms with Crippen molar-refractivity contribution in [2.24, 2.45) is 0 Å². The molecule has 4 rings (SSSR count). The summed E-state index contributed by atoms with van der Waals surface area (Å²) in [6.45, 7) is 6.36. The number of hydrogen-bond acceptors (Lipinski definition) is 6. The van der Waals surface area contributed by atoms with E-state index in [0.29, 0.717) is 37.8 Å². The third-order valence-electron chi connectivity index (χ3n) is 4.90. The zero-order chi connectivity index (χ0) is 20.2. The van der Waals surface area contributed by atoms with Crippen molar-refractivity contribution in [2.45, 2.75) is 20.0 Å². The predicted octanol–water partition coefficient (Wildman–Crippen LogP) is 2.09. The third kappa shape index (κ3) is 4.37. The quantitative estimate of drug-likeness (QED) is 0.662. The number of para-hydroxylation sites is 1. The molecule has 0 radical (unpaired) electrons. The van der Waals surface area contributed by atoms with Crippen LogP contribution in [-0.4, -0.2) is 62.6 Å². The Labute approximate surface area is 169 Å². The van der Waals surface area contributed by atoms with Gasteiger partial charge in [0, 0.05) is 44.6 Å². The van der Waals surface area contributed by atoms with E-state index >= 15 is 0 Å². The molecule has 8 nitrogen and oxygen atoms in total. The minimum atomic E-state index is -0.516. The topological polar surface area (TPSA) is 76.4 Å². The van der Waals surface area contributed by atoms with E-state index in [1.807, 2.05) is 59.0 Å². The normalized spacial score (nSPS) is 15.2. The first-order valence-electron chi connectivity index (χ1n) is 9.69. The second-order valence-electron chi connectivity index (χ2n) is 6.99. The minimum Gasteiger partial charge on any atom is -0.481 e. The Morgan fingerprint density at radius 2 is 1.79 bits per heavy atom. The molecule has 0 N–H and O–H groups in total. The number of rotatable bonds is 5. The Hall–Kier alpha value is -3.42. The van der Waals surface area contributed by atoms with Gasteiger partial charge in [0.1, 0.15) is 29.5 Å². The predicted molar refractivity (Wildman–Crippen MR) is 109 cm³/mol. The van der Waals surface area contributed by atoms with Gasteiger partial charge in [-0.1, -0.05) is 18.2 Å². The highest BCUT2D eigenvalue weighted by Gasteiger charge is 2.27. The molecule has 0 aliphatic carbocycles. The number of anilines is 1. The van der Waals surface area contributed by atoms with Crippen molar-refractivity contribution in [3.05, 3.63) is 60.9 Å². The number of amides is 1. The smallest absolute Gasteiger partial charge is 0.263 e. The summed E-state index contributed by atoms with van der Waals surface area (Å²) in [4.78, 5) is 29.9. The van der Waals surface area contributed by atoms with Crippen LogP contribution in [0.2, 0.25) is 0 Å². The number of carbonyl (C=O) groups is 1. The minimum absolute atomic E-state index is 0.00600. The summed E-state index contributed by atoms with van der Waals surface area (Å²) < 4.78 is 7.64. The van der Waals surface area contributed by atoms with Gasteiger partial charge in [-0.05, 0) is 26.0 Å². The number of carbonyl (C=O) groups excluding carboxylic acids is 1. The number of ether oxygens (including phenoxy) is 1. The Morgan fingerprint density at radius 3 is 2.48 bits per heavy atom. The van der Waals surface area contributed by atoms with Crippen LogP contribution in [0.4, 0.5) is 5.82 Å². The highest BCUT2D eigenvalue weighted by atomic mass is 16.5. The van der Waals surface area contributed by atoms with E-state index in [0.717, 1.165) is 11.6 Å². The van der Waals surface area contributed by atoms with Gasteiger partial charge in [0.15, 0.2) is 6.10 Å². The molecule has 1 aliphatic rings. The Morgan fingerprint density at radius 1 is 1.07 bits per heavy atom. The number of hydrogen-bond donors (Lipinski definition) is 0.